The molecule has 0 fully saturated rings. The second kappa shape index (κ2) is 5.45. The highest BCUT2D eigenvalue weighted by atomic mass is 16.3. The first-order valence-electron chi connectivity index (χ1n) is 6.92. The van der Waals surface area contributed by atoms with Crippen LogP contribution in [0.25, 0.3) is 0 Å². The van der Waals surface area contributed by atoms with Crippen molar-refractivity contribution in [2.45, 2.75) is 25.3 Å². The molecule has 0 radical (unpaired) electrons. The van der Waals surface area contributed by atoms with Crippen LogP contribution in [0.1, 0.15) is 29.2 Å². The highest BCUT2D eigenvalue weighted by Gasteiger charge is 2.21. The Bertz CT molecular complexity index is 550. The van der Waals surface area contributed by atoms with Crippen LogP contribution in [-0.4, -0.2) is 11.7 Å². The Morgan fingerprint density at radius 3 is 2.79 bits per heavy atom. The van der Waals surface area contributed by atoms with Crippen LogP contribution in [0.2, 0.25) is 0 Å². The molecule has 2 N–H and O–H groups in total. The minimum atomic E-state index is 0.378. The Kier molecular flexibility index (Phi) is 3.51. The van der Waals surface area contributed by atoms with E-state index in [1.54, 1.807) is 6.07 Å². The van der Waals surface area contributed by atoms with Gasteiger partial charge in [-0.25, -0.2) is 0 Å². The van der Waals surface area contributed by atoms with Gasteiger partial charge in [-0.05, 0) is 54.6 Å². The topological polar surface area (TPSA) is 32.3 Å². The van der Waals surface area contributed by atoms with E-state index >= 15 is 0 Å². The molecule has 1 atom stereocenters. The predicted molar refractivity (Wildman–Crippen MR) is 77.3 cm³/mol. The maximum atomic E-state index is 9.49. The predicted octanol–water partition coefficient (Wildman–Crippen LogP) is 3.21. The summed E-state index contributed by atoms with van der Waals surface area (Å²) in [4.78, 5) is 0. The molecule has 2 nitrogen and oxygen atoms in total. The molecule has 0 heterocycles. The zero-order valence-corrected chi connectivity index (χ0v) is 11.0. The van der Waals surface area contributed by atoms with E-state index < -0.39 is 0 Å². The molecule has 98 valence electrons. The summed E-state index contributed by atoms with van der Waals surface area (Å²) in [5.74, 6) is 0.378. The van der Waals surface area contributed by atoms with Crippen molar-refractivity contribution >= 4 is 0 Å². The summed E-state index contributed by atoms with van der Waals surface area (Å²) in [6.07, 6.45) is 3.26. The van der Waals surface area contributed by atoms with E-state index in [4.69, 9.17) is 0 Å². The highest BCUT2D eigenvalue weighted by Crippen LogP contribution is 2.33. The molecule has 0 bridgehead atoms. The van der Waals surface area contributed by atoms with Crippen LogP contribution in [0.4, 0.5) is 0 Å². The molecule has 1 aliphatic carbocycles. The van der Waals surface area contributed by atoms with Crippen LogP contribution < -0.4 is 5.32 Å². The third-order valence-corrected chi connectivity index (χ3v) is 3.85. The molecule has 0 aliphatic heterocycles. The highest BCUT2D eigenvalue weighted by molar-refractivity contribution is 5.40. The third kappa shape index (κ3) is 2.79. The largest absolute Gasteiger partial charge is 0.508 e. The molecule has 19 heavy (non-hydrogen) atoms. The van der Waals surface area contributed by atoms with Gasteiger partial charge in [-0.2, -0.15) is 0 Å². The summed E-state index contributed by atoms with van der Waals surface area (Å²) < 4.78 is 0. The average Bonchev–Trinajstić information content (AvgIpc) is 2.82. The minimum absolute atomic E-state index is 0.378. The van der Waals surface area contributed by atoms with Crippen LogP contribution in [-0.2, 0) is 12.8 Å². The number of aryl methyl sites for hydroxylation is 1. The van der Waals surface area contributed by atoms with Crippen molar-refractivity contribution < 1.29 is 5.11 Å². The maximum Gasteiger partial charge on any atom is 0.115 e. The van der Waals surface area contributed by atoms with Gasteiger partial charge in [0, 0.05) is 6.04 Å². The van der Waals surface area contributed by atoms with Crippen LogP contribution in [0, 0.1) is 0 Å². The van der Waals surface area contributed by atoms with Crippen LogP contribution in [0.5, 0.6) is 5.75 Å². The van der Waals surface area contributed by atoms with Gasteiger partial charge in [0.15, 0.2) is 0 Å². The van der Waals surface area contributed by atoms with Crippen molar-refractivity contribution in [2.24, 2.45) is 0 Å². The Hall–Kier alpha value is -1.80. The van der Waals surface area contributed by atoms with Crippen LogP contribution in [0.3, 0.4) is 0 Å². The zero-order chi connectivity index (χ0) is 13.1. The zero-order valence-electron chi connectivity index (χ0n) is 11.0. The monoisotopic (exact) mass is 253 g/mol. The molecule has 0 aromatic heterocycles. The van der Waals surface area contributed by atoms with Gasteiger partial charge < -0.3 is 10.4 Å². The van der Waals surface area contributed by atoms with E-state index in [2.05, 4.69) is 41.7 Å². The number of nitrogens with one attached hydrogen (secondary N) is 1. The Morgan fingerprint density at radius 1 is 1.11 bits per heavy atom. The van der Waals surface area contributed by atoms with E-state index in [-0.39, 0.29) is 0 Å². The van der Waals surface area contributed by atoms with E-state index in [1.807, 2.05) is 6.07 Å². The third-order valence-electron chi connectivity index (χ3n) is 3.85. The molecule has 2 heteroatoms. The van der Waals surface area contributed by atoms with Gasteiger partial charge in [-0.1, -0.05) is 36.4 Å². The molecular weight excluding hydrogens is 234 g/mol. The fourth-order valence-corrected chi connectivity index (χ4v) is 2.85. The molecule has 0 amide bonds. The van der Waals surface area contributed by atoms with Gasteiger partial charge in [-0.3, -0.25) is 0 Å². The molecule has 0 saturated carbocycles. The average molecular weight is 253 g/mol. The number of phenols is 1. The summed E-state index contributed by atoms with van der Waals surface area (Å²) in [5.41, 5.74) is 4.02. The van der Waals surface area contributed by atoms with E-state index in [1.165, 1.54) is 16.7 Å². The van der Waals surface area contributed by atoms with Crippen LogP contribution in [0.15, 0.2) is 48.5 Å². The standard InChI is InChI=1S/C17H19NO/c19-15-7-8-16-14(12-15)6-9-17(16)18-11-10-13-4-2-1-3-5-13/h1-5,7-8,12,17-19H,6,9-11H2. The second-order valence-corrected chi connectivity index (χ2v) is 5.16. The van der Waals surface area contributed by atoms with Crippen molar-refractivity contribution in [2.75, 3.05) is 6.54 Å². The molecule has 2 aromatic carbocycles. The normalized spacial score (nSPS) is 17.4. The molecule has 3 rings (SSSR count). The summed E-state index contributed by atoms with van der Waals surface area (Å²) in [6, 6.07) is 16.7. The number of aromatic hydroxyl groups is 1. The summed E-state index contributed by atoms with van der Waals surface area (Å²) in [7, 11) is 0. The van der Waals surface area contributed by atoms with E-state index in [9.17, 15) is 5.11 Å². The van der Waals surface area contributed by atoms with Gasteiger partial charge >= 0.3 is 0 Å². The molecule has 0 saturated heterocycles. The number of hydrogen-bond donors (Lipinski definition) is 2. The number of fused-ring (bicyclic) bond motifs is 1. The molecule has 0 spiro atoms. The lowest BCUT2D eigenvalue weighted by Crippen LogP contribution is -2.21. The van der Waals surface area contributed by atoms with Crippen molar-refractivity contribution in [3.8, 4) is 5.75 Å². The SMILES string of the molecule is Oc1ccc2c(c1)CCC2NCCc1ccccc1. The van der Waals surface area contributed by atoms with Gasteiger partial charge in [-0.15, -0.1) is 0 Å². The first-order valence-corrected chi connectivity index (χ1v) is 6.92. The number of phenolic OH excluding ortho intramolecular Hbond substituents is 1. The van der Waals surface area contributed by atoms with E-state index in [0.717, 1.165) is 25.8 Å². The second-order valence-electron chi connectivity index (χ2n) is 5.16. The number of rotatable bonds is 4. The van der Waals surface area contributed by atoms with Crippen molar-refractivity contribution in [1.82, 2.24) is 5.32 Å². The van der Waals surface area contributed by atoms with Crippen molar-refractivity contribution in [1.29, 1.82) is 0 Å². The lowest BCUT2D eigenvalue weighted by atomic mass is 10.1. The van der Waals surface area contributed by atoms with Crippen molar-refractivity contribution in [3.05, 3.63) is 65.2 Å². The smallest absolute Gasteiger partial charge is 0.115 e. The molecule has 1 aliphatic rings. The van der Waals surface area contributed by atoms with Crippen LogP contribution >= 0.6 is 0 Å². The lowest BCUT2D eigenvalue weighted by Gasteiger charge is -2.14. The Morgan fingerprint density at radius 2 is 1.95 bits per heavy atom. The first-order chi connectivity index (χ1) is 9.33. The summed E-state index contributed by atoms with van der Waals surface area (Å²) in [6.45, 7) is 0.995. The Labute approximate surface area is 114 Å². The number of hydrogen-bond acceptors (Lipinski definition) is 2. The molecule has 1 unspecified atom stereocenters. The van der Waals surface area contributed by atoms with Crippen molar-refractivity contribution in [3.63, 3.8) is 0 Å². The van der Waals surface area contributed by atoms with Gasteiger partial charge in [0.2, 0.25) is 0 Å². The summed E-state index contributed by atoms with van der Waals surface area (Å²) in [5, 5.41) is 13.1. The van der Waals surface area contributed by atoms with Gasteiger partial charge in [0.1, 0.15) is 5.75 Å². The van der Waals surface area contributed by atoms with E-state index in [0.29, 0.717) is 11.8 Å². The fourth-order valence-electron chi connectivity index (χ4n) is 2.85. The lowest BCUT2D eigenvalue weighted by molar-refractivity contribution is 0.474. The summed E-state index contributed by atoms with van der Waals surface area (Å²) >= 11 is 0. The fraction of sp³-hybridized carbons (Fsp3) is 0.294. The number of benzene rings is 2. The minimum Gasteiger partial charge on any atom is -0.508 e. The maximum absolute atomic E-state index is 9.49. The van der Waals surface area contributed by atoms with Gasteiger partial charge in [0.05, 0.1) is 0 Å². The van der Waals surface area contributed by atoms with Gasteiger partial charge in [0.25, 0.3) is 0 Å². The molecular formula is C17H19NO. The first kappa shape index (κ1) is 12.2. The molecule has 2 aromatic rings. The quantitative estimate of drug-likeness (QED) is 0.877. The Balaban J connectivity index is 1.58.